The first-order valence-electron chi connectivity index (χ1n) is 20.1. The molecule has 3 aliphatic rings. The van der Waals surface area contributed by atoms with Gasteiger partial charge in [-0.1, -0.05) is 76.3 Å². The number of carbonyl (C=O) groups is 6. The molecule has 6 atom stereocenters. The van der Waals surface area contributed by atoms with Crippen LogP contribution in [0.5, 0.6) is 0 Å². The number of nitrogens with zero attached hydrogens (tertiary/aromatic N) is 1. The Hall–Kier alpha value is -3.72. The highest BCUT2D eigenvalue weighted by Crippen LogP contribution is 2.36. The van der Waals surface area contributed by atoms with Gasteiger partial charge in [0.2, 0.25) is 17.7 Å². The lowest BCUT2D eigenvalue weighted by atomic mass is 9.73. The molecule has 54 heavy (non-hydrogen) atoms. The minimum absolute atomic E-state index is 0.0452. The van der Waals surface area contributed by atoms with Crippen molar-refractivity contribution >= 4 is 35.3 Å². The van der Waals surface area contributed by atoms with Gasteiger partial charge in [0.15, 0.2) is 17.1 Å². The van der Waals surface area contributed by atoms with E-state index in [1.807, 2.05) is 0 Å². The van der Waals surface area contributed by atoms with Crippen molar-refractivity contribution in [1.29, 1.82) is 0 Å². The van der Waals surface area contributed by atoms with Gasteiger partial charge in [-0.25, -0.2) is 4.79 Å². The van der Waals surface area contributed by atoms with Crippen LogP contribution < -0.4 is 33.6 Å². The van der Waals surface area contributed by atoms with E-state index in [-0.39, 0.29) is 42.3 Å². The third-order valence-electron chi connectivity index (χ3n) is 11.7. The van der Waals surface area contributed by atoms with Crippen LogP contribution in [0.25, 0.3) is 0 Å². The molecule has 1 aliphatic heterocycles. The van der Waals surface area contributed by atoms with Gasteiger partial charge in [-0.3, -0.25) is 24.0 Å². The van der Waals surface area contributed by atoms with Crippen molar-refractivity contribution in [1.82, 2.24) is 15.5 Å². The molecule has 300 valence electrons. The maximum Gasteiger partial charge on any atom is 0.335 e. The second-order valence-electron chi connectivity index (χ2n) is 15.9. The van der Waals surface area contributed by atoms with Crippen LogP contribution in [-0.2, 0) is 29.5 Å². The van der Waals surface area contributed by atoms with Crippen LogP contribution in [0, 0.1) is 11.8 Å². The zero-order valence-electron chi connectivity index (χ0n) is 31.9. The molecular formula is C40H63N7O7. The summed E-state index contributed by atoms with van der Waals surface area (Å²) in [4.78, 5) is 85.1. The number of unbranched alkanes of at least 4 members (excludes halogenated alkanes) is 1. The maximum atomic E-state index is 15.4. The third-order valence-corrected chi connectivity index (χ3v) is 11.7. The first-order valence-corrected chi connectivity index (χ1v) is 20.1. The summed E-state index contributed by atoms with van der Waals surface area (Å²) in [6.07, 6.45) is 12.6. The van der Waals surface area contributed by atoms with Crippen molar-refractivity contribution < 1.29 is 33.9 Å². The lowest BCUT2D eigenvalue weighted by Crippen LogP contribution is -2.67. The summed E-state index contributed by atoms with van der Waals surface area (Å²) in [6, 6.07) is 0.0113. The minimum atomic E-state index is -2.38. The highest BCUT2D eigenvalue weighted by molar-refractivity contribution is 6.18. The molecule has 4 rings (SSSR count). The summed E-state index contributed by atoms with van der Waals surface area (Å²) >= 11 is 0. The molecule has 0 spiro atoms. The number of Topliss-reactive ketones (excluding diaryl/α,β-unsaturated/α-hetero) is 2. The van der Waals surface area contributed by atoms with E-state index in [0.29, 0.717) is 38.6 Å². The number of benzene rings is 1. The van der Waals surface area contributed by atoms with Crippen LogP contribution in [0.3, 0.4) is 0 Å². The fourth-order valence-corrected chi connectivity index (χ4v) is 8.60. The summed E-state index contributed by atoms with van der Waals surface area (Å²) in [5.74, 6) is -4.06. The van der Waals surface area contributed by atoms with Gasteiger partial charge in [-0.2, -0.15) is 0 Å². The van der Waals surface area contributed by atoms with Crippen LogP contribution in [0.4, 0.5) is 0 Å². The largest absolute Gasteiger partial charge is 0.478 e. The smallest absolute Gasteiger partial charge is 0.335 e. The normalized spacial score (nSPS) is 21.6. The number of hydrogen-bond donors (Lipinski definition) is 7. The van der Waals surface area contributed by atoms with E-state index in [1.165, 1.54) is 36.1 Å². The van der Waals surface area contributed by atoms with Crippen molar-refractivity contribution in [3.63, 3.8) is 0 Å². The molecule has 2 saturated carbocycles. The fourth-order valence-electron chi connectivity index (χ4n) is 8.60. The van der Waals surface area contributed by atoms with E-state index >= 15 is 9.59 Å². The van der Waals surface area contributed by atoms with E-state index in [4.69, 9.17) is 22.9 Å². The number of hydrogen-bond acceptors (Lipinski definition) is 10. The van der Waals surface area contributed by atoms with Gasteiger partial charge in [0.05, 0.1) is 29.7 Å². The SMILES string of the molecule is C[C@H](N)C(=O)N[C@@H](CCCCN)C(=O)N1CCC[C@H]1C(=O)C(NC(=O)[C@@H](N)CC1CCCCC1)(C(=O)[C@H](N)CC1CCCCC1)c1ccc(C(=O)O)cc1. The number of carboxylic acid groups (broad SMARTS) is 1. The molecule has 14 heteroatoms. The maximum absolute atomic E-state index is 15.4. The molecule has 3 fully saturated rings. The Labute approximate surface area is 319 Å². The molecule has 1 heterocycles. The Morgan fingerprint density at radius 2 is 1.37 bits per heavy atom. The average molecular weight is 754 g/mol. The Kier molecular flexibility index (Phi) is 16.1. The Balaban J connectivity index is 1.80. The van der Waals surface area contributed by atoms with Crippen LogP contribution in [0.1, 0.15) is 132 Å². The van der Waals surface area contributed by atoms with Gasteiger partial charge < -0.3 is 43.6 Å². The summed E-state index contributed by atoms with van der Waals surface area (Å²) in [7, 11) is 0. The number of amides is 3. The number of ketones is 2. The number of rotatable bonds is 19. The predicted octanol–water partition coefficient (Wildman–Crippen LogP) is 2.38. The first kappa shape index (κ1) is 43.0. The quantitative estimate of drug-likeness (QED) is 0.0798. The van der Waals surface area contributed by atoms with Gasteiger partial charge in [-0.05, 0) is 87.9 Å². The Morgan fingerprint density at radius 3 is 1.91 bits per heavy atom. The topological polar surface area (TPSA) is 254 Å². The van der Waals surface area contributed by atoms with Crippen LogP contribution >= 0.6 is 0 Å². The highest BCUT2D eigenvalue weighted by atomic mass is 16.4. The number of carbonyl (C=O) groups excluding carboxylic acids is 5. The molecule has 11 N–H and O–H groups in total. The zero-order valence-corrected chi connectivity index (χ0v) is 31.9. The number of carboxylic acids is 1. The summed E-state index contributed by atoms with van der Waals surface area (Å²) in [5, 5.41) is 15.3. The summed E-state index contributed by atoms with van der Waals surface area (Å²) in [5.41, 5.74) is 22.4. The fraction of sp³-hybridized carbons (Fsp3) is 0.700. The Morgan fingerprint density at radius 1 is 0.796 bits per heavy atom. The predicted molar refractivity (Wildman–Crippen MR) is 205 cm³/mol. The third kappa shape index (κ3) is 10.7. The summed E-state index contributed by atoms with van der Waals surface area (Å²) < 4.78 is 0. The van der Waals surface area contributed by atoms with Crippen LogP contribution in [0.15, 0.2) is 24.3 Å². The van der Waals surface area contributed by atoms with E-state index in [2.05, 4.69) is 10.6 Å². The number of likely N-dealkylation sites (tertiary alicyclic amines) is 1. The molecule has 3 amide bonds. The van der Waals surface area contributed by atoms with Crippen molar-refractivity contribution in [2.45, 2.75) is 152 Å². The van der Waals surface area contributed by atoms with E-state index < -0.39 is 71.0 Å². The van der Waals surface area contributed by atoms with E-state index in [0.717, 1.165) is 64.2 Å². The molecule has 0 radical (unpaired) electrons. The number of nitrogens with one attached hydrogen (secondary N) is 2. The van der Waals surface area contributed by atoms with E-state index in [1.54, 1.807) is 0 Å². The molecule has 1 aromatic rings. The average Bonchev–Trinajstić information content (AvgIpc) is 3.66. The standard InChI is InChI=1S/C40H63N7O7/c1-25(42)36(50)45-32(15-8-9-21-41)38(52)47-22-10-16-33(47)35(49)40(29-19-17-28(18-20-29)39(53)54,34(48)30(43)23-26-11-4-2-5-12-26)46-37(51)31(44)24-27-13-6-3-7-14-27/h17-20,25-27,30-33H,2-16,21-24,41-44H2,1H3,(H,45,50)(H,46,51)(H,53,54)/t25-,30+,31-,32-,33-,40?/m0/s1. The molecule has 1 saturated heterocycles. The number of aromatic carboxylic acids is 1. The van der Waals surface area contributed by atoms with Crippen molar-refractivity contribution in [2.24, 2.45) is 34.8 Å². The molecule has 0 bridgehead atoms. The van der Waals surface area contributed by atoms with Gasteiger partial charge in [0.25, 0.3) is 0 Å². The first-order chi connectivity index (χ1) is 25.8. The summed E-state index contributed by atoms with van der Waals surface area (Å²) in [6.45, 7) is 2.07. The molecule has 1 aromatic carbocycles. The van der Waals surface area contributed by atoms with Gasteiger partial charge in [0.1, 0.15) is 6.04 Å². The highest BCUT2D eigenvalue weighted by Gasteiger charge is 2.55. The van der Waals surface area contributed by atoms with Crippen LogP contribution in [-0.4, -0.2) is 88.6 Å². The Bertz CT molecular complexity index is 1460. The van der Waals surface area contributed by atoms with Gasteiger partial charge in [0, 0.05) is 6.54 Å². The van der Waals surface area contributed by atoms with E-state index in [9.17, 15) is 24.3 Å². The zero-order chi connectivity index (χ0) is 39.4. The number of nitrogens with two attached hydrogens (primary N) is 4. The monoisotopic (exact) mass is 753 g/mol. The van der Waals surface area contributed by atoms with Crippen LogP contribution in [0.2, 0.25) is 0 Å². The van der Waals surface area contributed by atoms with Crippen molar-refractivity contribution in [3.8, 4) is 0 Å². The lowest BCUT2D eigenvalue weighted by Gasteiger charge is -2.40. The van der Waals surface area contributed by atoms with Crippen molar-refractivity contribution in [2.75, 3.05) is 13.1 Å². The lowest BCUT2D eigenvalue weighted by molar-refractivity contribution is -0.149. The molecule has 2 aliphatic carbocycles. The molecule has 1 unspecified atom stereocenters. The second kappa shape index (κ2) is 20.3. The second-order valence-corrected chi connectivity index (χ2v) is 15.9. The minimum Gasteiger partial charge on any atom is -0.478 e. The molecule has 14 nitrogen and oxygen atoms in total. The molecule has 0 aromatic heterocycles. The molecular weight excluding hydrogens is 690 g/mol. The van der Waals surface area contributed by atoms with Gasteiger partial charge >= 0.3 is 5.97 Å². The van der Waals surface area contributed by atoms with Gasteiger partial charge in [-0.15, -0.1) is 0 Å². The van der Waals surface area contributed by atoms with Crippen molar-refractivity contribution in [3.05, 3.63) is 35.4 Å².